The minimum absolute atomic E-state index is 0.326. The van der Waals surface area contributed by atoms with E-state index in [2.05, 4.69) is 54.2 Å². The Balaban J connectivity index is 2.04. The van der Waals surface area contributed by atoms with Crippen molar-refractivity contribution in [3.8, 4) is 0 Å². The smallest absolute Gasteiger partial charge is 0.0449 e. The Kier molecular flexibility index (Phi) is 5.56. The molecule has 0 aliphatic heterocycles. The maximum Gasteiger partial charge on any atom is 0.0449 e. The molecule has 1 unspecified atom stereocenters. The maximum absolute atomic E-state index is 6.39. The van der Waals surface area contributed by atoms with Crippen LogP contribution in [0.3, 0.4) is 0 Å². The van der Waals surface area contributed by atoms with Gasteiger partial charge in [0.2, 0.25) is 0 Å². The summed E-state index contributed by atoms with van der Waals surface area (Å²) in [5, 5.41) is 4.53. The molecule has 1 aromatic rings. The first-order chi connectivity index (χ1) is 9.40. The lowest BCUT2D eigenvalue weighted by Crippen LogP contribution is -2.37. The van der Waals surface area contributed by atoms with Crippen molar-refractivity contribution >= 4 is 27.5 Å². The van der Waals surface area contributed by atoms with Crippen molar-refractivity contribution in [1.29, 1.82) is 0 Å². The predicted molar refractivity (Wildman–Crippen MR) is 91.4 cm³/mol. The quantitative estimate of drug-likeness (QED) is 0.696. The van der Waals surface area contributed by atoms with E-state index < -0.39 is 0 Å². The van der Waals surface area contributed by atoms with Crippen molar-refractivity contribution < 1.29 is 0 Å². The Hall–Kier alpha value is -0.0500. The first-order valence-electron chi connectivity index (χ1n) is 7.55. The number of benzene rings is 1. The van der Waals surface area contributed by atoms with E-state index in [0.29, 0.717) is 11.3 Å². The third kappa shape index (κ3) is 4.47. The van der Waals surface area contributed by atoms with Crippen molar-refractivity contribution in [3.63, 3.8) is 0 Å². The molecule has 1 aliphatic rings. The number of halogens is 2. The van der Waals surface area contributed by atoms with Crippen LogP contribution in [0.4, 0.5) is 0 Å². The molecule has 0 saturated heterocycles. The highest BCUT2D eigenvalue weighted by Gasteiger charge is 2.41. The molecule has 0 amide bonds. The molecule has 2 rings (SSSR count). The normalized spacial score (nSPS) is 18.3. The van der Waals surface area contributed by atoms with Crippen LogP contribution in [0.1, 0.15) is 39.2 Å². The fourth-order valence-corrected chi connectivity index (χ4v) is 3.62. The van der Waals surface area contributed by atoms with Gasteiger partial charge >= 0.3 is 0 Å². The second-order valence-electron chi connectivity index (χ2n) is 6.87. The van der Waals surface area contributed by atoms with E-state index in [4.69, 9.17) is 11.6 Å². The highest BCUT2D eigenvalue weighted by atomic mass is 79.9. The Morgan fingerprint density at radius 2 is 2.10 bits per heavy atom. The van der Waals surface area contributed by atoms with Crippen LogP contribution in [0, 0.1) is 17.3 Å². The van der Waals surface area contributed by atoms with Gasteiger partial charge in [-0.1, -0.05) is 54.4 Å². The lowest BCUT2D eigenvalue weighted by molar-refractivity contribution is 0.252. The number of hydrogen-bond donors (Lipinski definition) is 1. The number of rotatable bonds is 7. The number of hydrogen-bond acceptors (Lipinski definition) is 1. The van der Waals surface area contributed by atoms with E-state index in [9.17, 15) is 0 Å². The molecule has 1 fully saturated rings. The molecule has 3 heteroatoms. The van der Waals surface area contributed by atoms with Crippen LogP contribution in [0.5, 0.6) is 0 Å². The van der Waals surface area contributed by atoms with E-state index in [0.717, 1.165) is 34.9 Å². The van der Waals surface area contributed by atoms with Gasteiger partial charge in [-0.25, -0.2) is 0 Å². The fourth-order valence-electron chi connectivity index (χ4n) is 2.88. The van der Waals surface area contributed by atoms with Crippen molar-refractivity contribution in [2.45, 2.75) is 40.0 Å². The first kappa shape index (κ1) is 16.3. The topological polar surface area (TPSA) is 12.0 Å². The maximum atomic E-state index is 6.39. The summed E-state index contributed by atoms with van der Waals surface area (Å²) in [7, 11) is 0. The van der Waals surface area contributed by atoms with Gasteiger partial charge in [0.25, 0.3) is 0 Å². The van der Waals surface area contributed by atoms with Crippen molar-refractivity contribution in [2.75, 3.05) is 13.1 Å². The lowest BCUT2D eigenvalue weighted by Gasteiger charge is -2.31. The molecule has 112 valence electrons. The minimum Gasteiger partial charge on any atom is -0.316 e. The van der Waals surface area contributed by atoms with E-state index in [1.54, 1.807) is 0 Å². The van der Waals surface area contributed by atoms with Crippen LogP contribution >= 0.6 is 27.5 Å². The van der Waals surface area contributed by atoms with Crippen LogP contribution in [0.15, 0.2) is 22.7 Å². The molecule has 1 aliphatic carbocycles. The number of nitrogens with one attached hydrogen (secondary N) is 1. The van der Waals surface area contributed by atoms with Crippen LogP contribution in [-0.4, -0.2) is 13.1 Å². The van der Waals surface area contributed by atoms with E-state index in [-0.39, 0.29) is 0 Å². The Morgan fingerprint density at radius 1 is 1.40 bits per heavy atom. The zero-order valence-electron chi connectivity index (χ0n) is 12.7. The summed E-state index contributed by atoms with van der Waals surface area (Å²) in [6.07, 6.45) is 3.80. The van der Waals surface area contributed by atoms with Crippen LogP contribution in [0.2, 0.25) is 5.02 Å². The van der Waals surface area contributed by atoms with Gasteiger partial charge in [0, 0.05) is 16.0 Å². The van der Waals surface area contributed by atoms with E-state index >= 15 is 0 Å². The van der Waals surface area contributed by atoms with E-state index in [1.807, 2.05) is 6.07 Å². The Bertz CT molecular complexity index is 456. The van der Waals surface area contributed by atoms with Gasteiger partial charge in [-0.2, -0.15) is 0 Å². The third-order valence-electron chi connectivity index (χ3n) is 4.25. The summed E-state index contributed by atoms with van der Waals surface area (Å²) in [4.78, 5) is 0. The average molecular weight is 359 g/mol. The second-order valence-corrected chi connectivity index (χ2v) is 8.19. The van der Waals surface area contributed by atoms with Gasteiger partial charge < -0.3 is 5.32 Å². The van der Waals surface area contributed by atoms with Crippen LogP contribution in [0.25, 0.3) is 0 Å². The molecule has 0 spiro atoms. The molecule has 0 aromatic heterocycles. The minimum atomic E-state index is 0.326. The molecule has 20 heavy (non-hydrogen) atoms. The van der Waals surface area contributed by atoms with Crippen molar-refractivity contribution in [1.82, 2.24) is 5.32 Å². The third-order valence-corrected chi connectivity index (χ3v) is 5.10. The molecule has 1 saturated carbocycles. The largest absolute Gasteiger partial charge is 0.316 e. The Morgan fingerprint density at radius 3 is 2.65 bits per heavy atom. The van der Waals surface area contributed by atoms with Crippen molar-refractivity contribution in [3.05, 3.63) is 33.3 Å². The zero-order chi connectivity index (χ0) is 14.8. The summed E-state index contributed by atoms with van der Waals surface area (Å²) in [5.41, 5.74) is 1.60. The molecule has 1 nitrogen and oxygen atoms in total. The van der Waals surface area contributed by atoms with E-state index in [1.165, 1.54) is 18.4 Å². The van der Waals surface area contributed by atoms with Gasteiger partial charge in [-0.3, -0.25) is 0 Å². The molecular formula is C17H25BrClN. The molecule has 0 heterocycles. The highest BCUT2D eigenvalue weighted by Crippen LogP contribution is 2.47. The molecule has 1 N–H and O–H groups in total. The molecule has 1 atom stereocenters. The van der Waals surface area contributed by atoms with Crippen molar-refractivity contribution in [2.24, 2.45) is 17.3 Å². The van der Waals surface area contributed by atoms with Gasteiger partial charge in [-0.05, 0) is 60.8 Å². The highest BCUT2D eigenvalue weighted by molar-refractivity contribution is 9.10. The molecule has 0 radical (unpaired) electrons. The standard InChI is InChI=1S/C17H25BrClN/c1-12(2)10-20-11-17(3,14-5-6-14)9-13-4-7-15(18)8-16(13)19/h4,7-8,12,14,20H,5-6,9-11H2,1-3H3. The monoisotopic (exact) mass is 357 g/mol. The molecule has 1 aromatic carbocycles. The van der Waals surface area contributed by atoms with Gasteiger partial charge in [-0.15, -0.1) is 0 Å². The molecular weight excluding hydrogens is 334 g/mol. The summed E-state index contributed by atoms with van der Waals surface area (Å²) >= 11 is 9.87. The molecule has 0 bridgehead atoms. The van der Waals surface area contributed by atoms with Crippen LogP contribution in [-0.2, 0) is 6.42 Å². The Labute approximate surface area is 136 Å². The van der Waals surface area contributed by atoms with Gasteiger partial charge in [0.15, 0.2) is 0 Å². The van der Waals surface area contributed by atoms with Gasteiger partial charge in [0.1, 0.15) is 0 Å². The summed E-state index contributed by atoms with van der Waals surface area (Å²) in [6, 6.07) is 6.26. The average Bonchev–Trinajstić information content (AvgIpc) is 3.17. The first-order valence-corrected chi connectivity index (χ1v) is 8.72. The van der Waals surface area contributed by atoms with Crippen LogP contribution < -0.4 is 5.32 Å². The summed E-state index contributed by atoms with van der Waals surface area (Å²) < 4.78 is 1.05. The zero-order valence-corrected chi connectivity index (χ0v) is 15.0. The second kappa shape index (κ2) is 6.81. The lowest BCUT2D eigenvalue weighted by atomic mass is 9.78. The fraction of sp³-hybridized carbons (Fsp3) is 0.647. The predicted octanol–water partition coefficient (Wildman–Crippen LogP) is 5.31. The summed E-state index contributed by atoms with van der Waals surface area (Å²) in [6.45, 7) is 9.11. The summed E-state index contributed by atoms with van der Waals surface area (Å²) in [5.74, 6) is 1.55. The SMILES string of the molecule is CC(C)CNCC(C)(Cc1ccc(Br)cc1Cl)C1CC1. The van der Waals surface area contributed by atoms with Gasteiger partial charge in [0.05, 0.1) is 0 Å².